The van der Waals surface area contributed by atoms with Crippen molar-refractivity contribution in [2.75, 3.05) is 25.6 Å². The van der Waals surface area contributed by atoms with E-state index >= 15 is 0 Å². The van der Waals surface area contributed by atoms with Gasteiger partial charge in [-0.1, -0.05) is 0 Å². The lowest BCUT2D eigenvalue weighted by atomic mass is 10.0. The van der Waals surface area contributed by atoms with Crippen LogP contribution in [0.3, 0.4) is 0 Å². The van der Waals surface area contributed by atoms with Gasteiger partial charge in [0.1, 0.15) is 11.5 Å². The van der Waals surface area contributed by atoms with E-state index in [1.165, 1.54) is 0 Å². The highest BCUT2D eigenvalue weighted by Gasteiger charge is 2.16. The third-order valence-corrected chi connectivity index (χ3v) is 4.28. The average molecular weight is 369 g/mol. The van der Waals surface area contributed by atoms with Gasteiger partial charge in [-0.2, -0.15) is 0 Å². The van der Waals surface area contributed by atoms with Crippen LogP contribution in [0.5, 0.6) is 11.5 Å². The Hall–Kier alpha value is -2.86. The molecule has 0 spiro atoms. The second-order valence-electron chi connectivity index (χ2n) is 6.33. The molecule has 0 aromatic heterocycles. The number of aryl methyl sites for hydroxylation is 1. The molecule has 1 heterocycles. The van der Waals surface area contributed by atoms with E-state index in [2.05, 4.69) is 5.32 Å². The number of nitrogens with one attached hydrogen (secondary N) is 1. The molecule has 0 aliphatic carbocycles. The summed E-state index contributed by atoms with van der Waals surface area (Å²) in [4.78, 5) is 23.7. The summed E-state index contributed by atoms with van der Waals surface area (Å²) in [7, 11) is 1.68. The molecule has 0 saturated carbocycles. The van der Waals surface area contributed by atoms with Gasteiger partial charge in [-0.15, -0.1) is 0 Å². The van der Waals surface area contributed by atoms with Gasteiger partial charge in [0, 0.05) is 25.8 Å². The first kappa shape index (κ1) is 18.9. The largest absolute Gasteiger partial charge is 0.494 e. The molecular formula is C21H23NO5. The zero-order valence-corrected chi connectivity index (χ0v) is 15.3. The fraction of sp³-hybridized carbons (Fsp3) is 0.333. The van der Waals surface area contributed by atoms with Gasteiger partial charge in [0.15, 0.2) is 0 Å². The second kappa shape index (κ2) is 9.19. The Morgan fingerprint density at radius 3 is 2.52 bits per heavy atom. The van der Waals surface area contributed by atoms with Crippen molar-refractivity contribution in [1.29, 1.82) is 0 Å². The Labute approximate surface area is 158 Å². The predicted octanol–water partition coefficient (Wildman–Crippen LogP) is 3.60. The molecule has 0 radical (unpaired) electrons. The number of anilines is 1. The first-order valence-corrected chi connectivity index (χ1v) is 9.02. The van der Waals surface area contributed by atoms with Crippen molar-refractivity contribution in [2.45, 2.75) is 25.7 Å². The second-order valence-corrected chi connectivity index (χ2v) is 6.33. The summed E-state index contributed by atoms with van der Waals surface area (Å²) in [5.74, 6) is 0.761. The van der Waals surface area contributed by atoms with Crippen LogP contribution in [0.15, 0.2) is 42.5 Å². The maximum Gasteiger partial charge on any atom is 0.343 e. The molecule has 1 aliphatic heterocycles. The lowest BCUT2D eigenvalue weighted by molar-refractivity contribution is -0.116. The van der Waals surface area contributed by atoms with Crippen LogP contribution in [-0.4, -0.2) is 32.2 Å². The third kappa shape index (κ3) is 5.31. The topological polar surface area (TPSA) is 73.9 Å². The number of fused-ring (bicyclic) bond motifs is 1. The number of carbonyl (C=O) groups excluding carboxylic acids is 2. The Bertz CT molecular complexity index is 801. The average Bonchev–Trinajstić information content (AvgIpc) is 2.68. The van der Waals surface area contributed by atoms with Gasteiger partial charge in [0.2, 0.25) is 5.91 Å². The number of hydrogen-bond acceptors (Lipinski definition) is 5. The fourth-order valence-electron chi connectivity index (χ4n) is 2.81. The Morgan fingerprint density at radius 2 is 1.74 bits per heavy atom. The number of carbonyl (C=O) groups is 2. The molecule has 2 aromatic carbocycles. The number of ether oxygens (including phenoxy) is 3. The summed E-state index contributed by atoms with van der Waals surface area (Å²) in [5.41, 5.74) is 2.20. The van der Waals surface area contributed by atoms with Gasteiger partial charge >= 0.3 is 5.97 Å². The van der Waals surface area contributed by atoms with Crippen molar-refractivity contribution in [2.24, 2.45) is 0 Å². The highest BCUT2D eigenvalue weighted by atomic mass is 16.5. The van der Waals surface area contributed by atoms with E-state index in [9.17, 15) is 9.59 Å². The van der Waals surface area contributed by atoms with Gasteiger partial charge in [-0.05, 0) is 67.3 Å². The van der Waals surface area contributed by atoms with Crippen molar-refractivity contribution in [3.63, 3.8) is 0 Å². The van der Waals surface area contributed by atoms with E-state index < -0.39 is 5.97 Å². The van der Waals surface area contributed by atoms with Crippen LogP contribution in [-0.2, 0) is 16.0 Å². The van der Waals surface area contributed by atoms with Crippen molar-refractivity contribution in [1.82, 2.24) is 0 Å². The van der Waals surface area contributed by atoms with Crippen LogP contribution >= 0.6 is 0 Å². The number of unbranched alkanes of at least 4 members (excludes halogenated alkanes) is 1. The molecule has 2 aromatic rings. The molecule has 0 saturated heterocycles. The number of esters is 1. The minimum Gasteiger partial charge on any atom is -0.494 e. The van der Waals surface area contributed by atoms with Crippen molar-refractivity contribution in [3.05, 3.63) is 53.6 Å². The van der Waals surface area contributed by atoms with E-state index in [0.717, 1.165) is 30.7 Å². The van der Waals surface area contributed by atoms with E-state index in [0.29, 0.717) is 36.5 Å². The lowest BCUT2D eigenvalue weighted by Crippen LogP contribution is -2.19. The first-order valence-electron chi connectivity index (χ1n) is 9.02. The summed E-state index contributed by atoms with van der Waals surface area (Å²) >= 11 is 0. The highest BCUT2D eigenvalue weighted by molar-refractivity contribution is 5.94. The third-order valence-electron chi connectivity index (χ3n) is 4.28. The Balaban J connectivity index is 1.54. The van der Waals surface area contributed by atoms with Crippen molar-refractivity contribution >= 4 is 17.6 Å². The molecule has 1 N–H and O–H groups in total. The SMILES string of the molecule is COCCCCOc1ccc(C(=O)Oc2ccc3c(c2)CCC(=O)N3)cc1. The molecule has 1 amide bonds. The van der Waals surface area contributed by atoms with Gasteiger partial charge in [-0.25, -0.2) is 4.79 Å². The number of methoxy groups -OCH3 is 1. The minimum absolute atomic E-state index is 0.00764. The van der Waals surface area contributed by atoms with E-state index in [-0.39, 0.29) is 5.91 Å². The molecule has 0 atom stereocenters. The zero-order valence-electron chi connectivity index (χ0n) is 15.3. The summed E-state index contributed by atoms with van der Waals surface area (Å²) in [5, 5.41) is 2.81. The van der Waals surface area contributed by atoms with Crippen LogP contribution in [0.2, 0.25) is 0 Å². The van der Waals surface area contributed by atoms with Crippen LogP contribution in [0, 0.1) is 0 Å². The standard InChI is InChI=1S/C21H23NO5/c1-25-12-2-3-13-26-17-7-4-15(5-8-17)21(24)27-18-9-10-19-16(14-18)6-11-20(23)22-19/h4-5,7-10,14H,2-3,6,11-13H2,1H3,(H,22,23). The summed E-state index contributed by atoms with van der Waals surface area (Å²) in [6.07, 6.45) is 2.95. The van der Waals surface area contributed by atoms with Gasteiger partial charge < -0.3 is 19.5 Å². The van der Waals surface area contributed by atoms with Crippen LogP contribution in [0.4, 0.5) is 5.69 Å². The molecule has 0 fully saturated rings. The lowest BCUT2D eigenvalue weighted by Gasteiger charge is -2.17. The fourth-order valence-corrected chi connectivity index (χ4v) is 2.81. The van der Waals surface area contributed by atoms with Crippen LogP contribution < -0.4 is 14.8 Å². The quantitative estimate of drug-likeness (QED) is 0.437. The molecule has 6 nitrogen and oxygen atoms in total. The smallest absolute Gasteiger partial charge is 0.343 e. The summed E-state index contributed by atoms with van der Waals surface area (Å²) in [6, 6.07) is 12.1. The molecule has 3 rings (SSSR count). The van der Waals surface area contributed by atoms with Crippen molar-refractivity contribution in [3.8, 4) is 11.5 Å². The normalized spacial score (nSPS) is 12.9. The maximum atomic E-state index is 12.3. The summed E-state index contributed by atoms with van der Waals surface area (Å²) in [6.45, 7) is 1.34. The number of hydrogen-bond donors (Lipinski definition) is 1. The Morgan fingerprint density at radius 1 is 1.00 bits per heavy atom. The number of rotatable bonds is 8. The predicted molar refractivity (Wildman–Crippen MR) is 101 cm³/mol. The number of amides is 1. The van der Waals surface area contributed by atoms with E-state index in [4.69, 9.17) is 14.2 Å². The molecular weight excluding hydrogens is 346 g/mol. The van der Waals surface area contributed by atoms with Gasteiger partial charge in [-0.3, -0.25) is 4.79 Å². The van der Waals surface area contributed by atoms with Crippen LogP contribution in [0.25, 0.3) is 0 Å². The zero-order chi connectivity index (χ0) is 19.1. The van der Waals surface area contributed by atoms with Crippen molar-refractivity contribution < 1.29 is 23.8 Å². The Kier molecular flexibility index (Phi) is 6.44. The monoisotopic (exact) mass is 369 g/mol. The maximum absolute atomic E-state index is 12.3. The van der Waals surface area contributed by atoms with Gasteiger partial charge in [0.05, 0.1) is 12.2 Å². The molecule has 0 bridgehead atoms. The molecule has 0 unspecified atom stereocenters. The summed E-state index contributed by atoms with van der Waals surface area (Å²) < 4.78 is 16.1. The molecule has 27 heavy (non-hydrogen) atoms. The minimum atomic E-state index is -0.429. The molecule has 6 heteroatoms. The van der Waals surface area contributed by atoms with Gasteiger partial charge in [0.25, 0.3) is 0 Å². The molecule has 142 valence electrons. The van der Waals surface area contributed by atoms with E-state index in [1.54, 1.807) is 49.6 Å². The van der Waals surface area contributed by atoms with Crippen LogP contribution in [0.1, 0.15) is 35.2 Å². The number of benzene rings is 2. The first-order chi connectivity index (χ1) is 13.2. The van der Waals surface area contributed by atoms with E-state index in [1.807, 2.05) is 0 Å². The molecule has 1 aliphatic rings. The highest BCUT2D eigenvalue weighted by Crippen LogP contribution is 2.27.